The second-order valence-electron chi connectivity index (χ2n) is 5.23. The molecular weight excluding hydrogens is 423 g/mol. The Balaban J connectivity index is 1.67. The van der Waals surface area contributed by atoms with Crippen LogP contribution in [-0.4, -0.2) is 45.6 Å². The van der Waals surface area contributed by atoms with Crippen LogP contribution in [0.1, 0.15) is 10.5 Å². The van der Waals surface area contributed by atoms with E-state index in [0.29, 0.717) is 31.4 Å². The van der Waals surface area contributed by atoms with Crippen molar-refractivity contribution in [2.45, 2.75) is 4.90 Å². The first-order valence-corrected chi connectivity index (χ1v) is 10.5. The van der Waals surface area contributed by atoms with Crippen LogP contribution in [-0.2, 0) is 14.8 Å². The predicted molar refractivity (Wildman–Crippen MR) is 99.4 cm³/mol. The van der Waals surface area contributed by atoms with E-state index in [1.165, 1.54) is 29.5 Å². The third kappa shape index (κ3) is 4.27. The van der Waals surface area contributed by atoms with Crippen LogP contribution < -0.4 is 15.2 Å². The molecule has 3 rings (SSSR count). The van der Waals surface area contributed by atoms with Gasteiger partial charge >= 0.3 is 0 Å². The SMILES string of the molecule is O=C(NNS(=O)(=O)c1cccc(Cl)c1Cl)c1csc(N2CCOCC2)n1. The average molecular weight is 437 g/mol. The van der Waals surface area contributed by atoms with Crippen LogP contribution >= 0.6 is 34.5 Å². The minimum atomic E-state index is -4.08. The predicted octanol–water partition coefficient (Wildman–Crippen LogP) is 1.91. The first-order chi connectivity index (χ1) is 12.4. The van der Waals surface area contributed by atoms with Crippen LogP contribution in [0.25, 0.3) is 0 Å². The molecule has 0 aliphatic carbocycles. The third-order valence-electron chi connectivity index (χ3n) is 3.51. The molecule has 0 unspecified atom stereocenters. The summed E-state index contributed by atoms with van der Waals surface area (Å²) >= 11 is 13.0. The molecule has 2 heterocycles. The van der Waals surface area contributed by atoms with E-state index in [1.807, 2.05) is 9.73 Å². The molecule has 1 aliphatic heterocycles. The standard InChI is InChI=1S/C14H14Cl2N4O4S2/c15-9-2-1-3-11(12(9)16)26(22,23)19-18-13(21)10-8-25-14(17-10)20-4-6-24-7-5-20/h1-3,8,19H,4-7H2,(H,18,21). The first-order valence-electron chi connectivity index (χ1n) is 7.43. The number of rotatable bonds is 5. The van der Waals surface area contributed by atoms with Crippen molar-refractivity contribution in [1.82, 2.24) is 15.2 Å². The van der Waals surface area contributed by atoms with E-state index >= 15 is 0 Å². The number of hydrogen-bond donors (Lipinski definition) is 2. The van der Waals surface area contributed by atoms with Gasteiger partial charge in [-0.1, -0.05) is 29.3 Å². The van der Waals surface area contributed by atoms with E-state index < -0.39 is 15.9 Å². The second kappa shape index (κ2) is 8.07. The van der Waals surface area contributed by atoms with Crippen LogP contribution in [0.2, 0.25) is 10.0 Å². The van der Waals surface area contributed by atoms with Gasteiger partial charge in [0.25, 0.3) is 15.9 Å². The third-order valence-corrected chi connectivity index (χ3v) is 6.63. The van der Waals surface area contributed by atoms with E-state index in [0.717, 1.165) is 0 Å². The fourth-order valence-electron chi connectivity index (χ4n) is 2.19. The number of anilines is 1. The van der Waals surface area contributed by atoms with Crippen molar-refractivity contribution in [3.05, 3.63) is 39.3 Å². The normalized spacial score (nSPS) is 15.1. The van der Waals surface area contributed by atoms with Crippen molar-refractivity contribution >= 4 is 55.6 Å². The fraction of sp³-hybridized carbons (Fsp3) is 0.286. The lowest BCUT2D eigenvalue weighted by atomic mass is 10.4. The fourth-order valence-corrected chi connectivity index (χ4v) is 4.65. The molecule has 1 aromatic carbocycles. The number of hydrazine groups is 1. The lowest BCUT2D eigenvalue weighted by Gasteiger charge is -2.25. The topological polar surface area (TPSA) is 101 Å². The minimum absolute atomic E-state index is 0.0931. The van der Waals surface area contributed by atoms with Crippen molar-refractivity contribution in [2.75, 3.05) is 31.2 Å². The van der Waals surface area contributed by atoms with E-state index in [4.69, 9.17) is 27.9 Å². The van der Waals surface area contributed by atoms with E-state index in [-0.39, 0.29) is 20.6 Å². The number of ether oxygens (including phenoxy) is 1. The Hall–Kier alpha value is -1.43. The highest BCUT2D eigenvalue weighted by molar-refractivity contribution is 7.89. The number of nitrogens with zero attached hydrogens (tertiary/aromatic N) is 2. The molecule has 0 radical (unpaired) electrons. The van der Waals surface area contributed by atoms with Gasteiger partial charge < -0.3 is 9.64 Å². The molecule has 26 heavy (non-hydrogen) atoms. The summed E-state index contributed by atoms with van der Waals surface area (Å²) in [6, 6.07) is 4.19. The molecule has 2 N–H and O–H groups in total. The molecule has 12 heteroatoms. The minimum Gasteiger partial charge on any atom is -0.378 e. The summed E-state index contributed by atoms with van der Waals surface area (Å²) in [6.45, 7) is 2.57. The maximum atomic E-state index is 12.3. The highest BCUT2D eigenvalue weighted by Crippen LogP contribution is 2.28. The van der Waals surface area contributed by atoms with Crippen molar-refractivity contribution < 1.29 is 17.9 Å². The van der Waals surface area contributed by atoms with Gasteiger partial charge in [-0.15, -0.1) is 16.2 Å². The van der Waals surface area contributed by atoms with Crippen LogP contribution in [0.3, 0.4) is 0 Å². The molecule has 1 aromatic heterocycles. The molecule has 1 amide bonds. The summed E-state index contributed by atoms with van der Waals surface area (Å²) in [5, 5.41) is 2.20. The van der Waals surface area contributed by atoms with Gasteiger partial charge in [-0.3, -0.25) is 10.2 Å². The van der Waals surface area contributed by atoms with Crippen molar-refractivity contribution in [3.63, 3.8) is 0 Å². The molecule has 2 aromatic rings. The van der Waals surface area contributed by atoms with Gasteiger partial charge in [-0.25, -0.2) is 13.4 Å². The second-order valence-corrected chi connectivity index (χ2v) is 8.50. The first kappa shape index (κ1) is 19.3. The summed E-state index contributed by atoms with van der Waals surface area (Å²) in [7, 11) is -4.08. The Morgan fingerprint density at radius 1 is 1.27 bits per heavy atom. The van der Waals surface area contributed by atoms with Crippen molar-refractivity contribution in [1.29, 1.82) is 0 Å². The molecule has 140 valence electrons. The number of aromatic nitrogens is 1. The van der Waals surface area contributed by atoms with E-state index in [2.05, 4.69) is 10.4 Å². The number of hydrogen-bond acceptors (Lipinski definition) is 7. The molecule has 1 saturated heterocycles. The lowest BCUT2D eigenvalue weighted by Crippen LogP contribution is -2.42. The summed E-state index contributed by atoms with van der Waals surface area (Å²) in [5.74, 6) is -0.678. The number of thiazole rings is 1. The number of nitrogens with one attached hydrogen (secondary N) is 2. The molecule has 8 nitrogen and oxygen atoms in total. The molecule has 0 bridgehead atoms. The van der Waals surface area contributed by atoms with Crippen LogP contribution in [0.15, 0.2) is 28.5 Å². The number of benzene rings is 1. The summed E-state index contributed by atoms with van der Waals surface area (Å²) < 4.78 is 29.8. The Morgan fingerprint density at radius 3 is 2.73 bits per heavy atom. The zero-order valence-electron chi connectivity index (χ0n) is 13.2. The molecule has 1 aliphatic rings. The molecular formula is C14H14Cl2N4O4S2. The molecule has 0 spiro atoms. The Kier molecular flexibility index (Phi) is 6.00. The number of halogens is 2. The smallest absolute Gasteiger partial charge is 0.285 e. The van der Waals surface area contributed by atoms with Gasteiger partial charge in [0, 0.05) is 18.5 Å². The quantitative estimate of drug-likeness (QED) is 0.694. The highest BCUT2D eigenvalue weighted by atomic mass is 35.5. The van der Waals surface area contributed by atoms with Gasteiger partial charge in [0.2, 0.25) is 0 Å². The van der Waals surface area contributed by atoms with Gasteiger partial charge in [0.1, 0.15) is 10.6 Å². The number of sulfonamides is 1. The van der Waals surface area contributed by atoms with Crippen molar-refractivity contribution in [3.8, 4) is 0 Å². The van der Waals surface area contributed by atoms with Crippen molar-refractivity contribution in [2.24, 2.45) is 0 Å². The number of carbonyl (C=O) groups is 1. The maximum absolute atomic E-state index is 12.3. The summed E-state index contributed by atoms with van der Waals surface area (Å²) in [5.41, 5.74) is 2.23. The number of amides is 1. The van der Waals surface area contributed by atoms with Crippen LogP contribution in [0, 0.1) is 0 Å². The zero-order valence-corrected chi connectivity index (χ0v) is 16.4. The van der Waals surface area contributed by atoms with E-state index in [1.54, 1.807) is 5.38 Å². The Labute approximate surface area is 164 Å². The van der Waals surface area contributed by atoms with Gasteiger partial charge in [-0.2, -0.15) is 0 Å². The average Bonchev–Trinajstić information content (AvgIpc) is 3.13. The number of carbonyl (C=O) groups excluding carboxylic acids is 1. The van der Waals surface area contributed by atoms with E-state index in [9.17, 15) is 13.2 Å². The molecule has 1 fully saturated rings. The molecule has 0 atom stereocenters. The lowest BCUT2D eigenvalue weighted by molar-refractivity contribution is 0.0940. The number of morpholine rings is 1. The van der Waals surface area contributed by atoms with Gasteiger partial charge in [0.15, 0.2) is 5.13 Å². The zero-order chi connectivity index (χ0) is 18.7. The van der Waals surface area contributed by atoms with Crippen LogP contribution in [0.5, 0.6) is 0 Å². The van der Waals surface area contributed by atoms with Crippen LogP contribution in [0.4, 0.5) is 5.13 Å². The monoisotopic (exact) mass is 436 g/mol. The highest BCUT2D eigenvalue weighted by Gasteiger charge is 2.22. The maximum Gasteiger partial charge on any atom is 0.285 e. The largest absolute Gasteiger partial charge is 0.378 e. The Bertz CT molecular complexity index is 913. The summed E-state index contributed by atoms with van der Waals surface area (Å²) in [4.78, 5) is 20.2. The summed E-state index contributed by atoms with van der Waals surface area (Å²) in [6.07, 6.45) is 0. The van der Waals surface area contributed by atoms with Gasteiger partial charge in [0.05, 0.1) is 23.3 Å². The Morgan fingerprint density at radius 2 is 2.00 bits per heavy atom. The van der Waals surface area contributed by atoms with Gasteiger partial charge in [-0.05, 0) is 12.1 Å². The molecule has 0 saturated carbocycles.